The standard InChI is InChI=1S/C17H25N3/c18-4-1-2-16-19-5-3-15(20-16)17-13-7-11-6-12(9-13)10-14(17)8-11/h3,5,11-14,17H,1-2,4,6-10,18H2. The molecule has 3 nitrogen and oxygen atoms in total. The van der Waals surface area contributed by atoms with Gasteiger partial charge in [0.2, 0.25) is 0 Å². The SMILES string of the molecule is NCCCc1nccc(C2C3CC4CC(C3)CC2C4)n1. The normalized spacial score (nSPS) is 38.4. The van der Waals surface area contributed by atoms with Gasteiger partial charge in [0.1, 0.15) is 5.82 Å². The third-order valence-electron chi connectivity index (χ3n) is 5.90. The zero-order chi connectivity index (χ0) is 13.5. The van der Waals surface area contributed by atoms with E-state index >= 15 is 0 Å². The Kier molecular flexibility index (Phi) is 3.25. The molecule has 4 saturated carbocycles. The van der Waals surface area contributed by atoms with E-state index in [0.717, 1.165) is 54.8 Å². The van der Waals surface area contributed by atoms with Crippen molar-refractivity contribution < 1.29 is 0 Å². The molecule has 3 heteroatoms. The van der Waals surface area contributed by atoms with Crippen LogP contribution in [-0.4, -0.2) is 16.5 Å². The van der Waals surface area contributed by atoms with Crippen molar-refractivity contribution in [2.75, 3.05) is 6.54 Å². The van der Waals surface area contributed by atoms with Crippen LogP contribution in [0.15, 0.2) is 12.3 Å². The maximum absolute atomic E-state index is 5.60. The number of nitrogens with two attached hydrogens (primary N) is 1. The van der Waals surface area contributed by atoms with Crippen LogP contribution < -0.4 is 5.73 Å². The number of nitrogens with zero attached hydrogens (tertiary/aromatic N) is 2. The first-order chi connectivity index (χ1) is 9.83. The van der Waals surface area contributed by atoms with Gasteiger partial charge in [-0.15, -0.1) is 0 Å². The summed E-state index contributed by atoms with van der Waals surface area (Å²) in [7, 11) is 0. The van der Waals surface area contributed by atoms with Gasteiger partial charge in [0.25, 0.3) is 0 Å². The van der Waals surface area contributed by atoms with Gasteiger partial charge in [0, 0.05) is 24.2 Å². The second kappa shape index (κ2) is 5.10. The van der Waals surface area contributed by atoms with Gasteiger partial charge in [-0.05, 0) is 74.8 Å². The highest BCUT2D eigenvalue weighted by atomic mass is 14.9. The molecule has 108 valence electrons. The number of aryl methyl sites for hydroxylation is 1. The van der Waals surface area contributed by atoms with Crippen LogP contribution in [0.2, 0.25) is 0 Å². The molecule has 4 fully saturated rings. The van der Waals surface area contributed by atoms with Crippen LogP contribution in [-0.2, 0) is 6.42 Å². The lowest BCUT2D eigenvalue weighted by Gasteiger charge is -2.54. The molecule has 0 unspecified atom stereocenters. The molecular weight excluding hydrogens is 246 g/mol. The molecule has 1 heterocycles. The molecule has 0 amide bonds. The minimum absolute atomic E-state index is 0.724. The molecule has 20 heavy (non-hydrogen) atoms. The van der Waals surface area contributed by atoms with E-state index in [4.69, 9.17) is 10.7 Å². The highest BCUT2D eigenvalue weighted by Crippen LogP contribution is 2.59. The molecule has 1 aromatic rings. The third-order valence-corrected chi connectivity index (χ3v) is 5.90. The van der Waals surface area contributed by atoms with E-state index in [1.54, 1.807) is 0 Å². The van der Waals surface area contributed by atoms with Crippen LogP contribution >= 0.6 is 0 Å². The summed E-state index contributed by atoms with van der Waals surface area (Å²) in [5, 5.41) is 0. The van der Waals surface area contributed by atoms with Crippen molar-refractivity contribution in [2.24, 2.45) is 29.4 Å². The third kappa shape index (κ3) is 2.16. The fraction of sp³-hybridized carbons (Fsp3) is 0.765. The molecule has 0 spiro atoms. The van der Waals surface area contributed by atoms with Crippen molar-refractivity contribution in [3.63, 3.8) is 0 Å². The highest BCUT2D eigenvalue weighted by Gasteiger charge is 2.49. The van der Waals surface area contributed by atoms with Crippen molar-refractivity contribution in [2.45, 2.75) is 50.9 Å². The Morgan fingerprint density at radius 1 is 1.05 bits per heavy atom. The topological polar surface area (TPSA) is 51.8 Å². The summed E-state index contributed by atoms with van der Waals surface area (Å²) in [6.07, 6.45) is 11.2. The summed E-state index contributed by atoms with van der Waals surface area (Å²) in [6, 6.07) is 2.18. The Morgan fingerprint density at radius 2 is 1.75 bits per heavy atom. The van der Waals surface area contributed by atoms with E-state index in [0.29, 0.717) is 0 Å². The molecule has 0 radical (unpaired) electrons. The molecule has 5 rings (SSSR count). The molecule has 0 saturated heterocycles. The van der Waals surface area contributed by atoms with Crippen LogP contribution in [0.25, 0.3) is 0 Å². The first kappa shape index (κ1) is 12.8. The highest BCUT2D eigenvalue weighted by molar-refractivity contribution is 5.16. The summed E-state index contributed by atoms with van der Waals surface area (Å²) in [4.78, 5) is 9.31. The average Bonchev–Trinajstić information content (AvgIpc) is 2.44. The summed E-state index contributed by atoms with van der Waals surface area (Å²) in [5.41, 5.74) is 6.93. The second-order valence-corrected chi connectivity index (χ2v) is 7.25. The Bertz CT molecular complexity index is 457. The molecule has 4 aliphatic carbocycles. The Hall–Kier alpha value is -0.960. The van der Waals surface area contributed by atoms with Gasteiger partial charge >= 0.3 is 0 Å². The first-order valence-corrected chi connectivity index (χ1v) is 8.35. The molecule has 4 bridgehead atoms. The summed E-state index contributed by atoms with van der Waals surface area (Å²) >= 11 is 0. The zero-order valence-electron chi connectivity index (χ0n) is 12.2. The van der Waals surface area contributed by atoms with E-state index in [2.05, 4.69) is 11.1 Å². The van der Waals surface area contributed by atoms with Gasteiger partial charge in [-0.2, -0.15) is 0 Å². The quantitative estimate of drug-likeness (QED) is 0.916. The van der Waals surface area contributed by atoms with Gasteiger partial charge < -0.3 is 5.73 Å². The fourth-order valence-electron chi connectivity index (χ4n) is 5.39. The Morgan fingerprint density at radius 3 is 2.40 bits per heavy atom. The summed E-state index contributed by atoms with van der Waals surface area (Å²) < 4.78 is 0. The minimum atomic E-state index is 0.724. The van der Waals surface area contributed by atoms with Crippen molar-refractivity contribution in [3.8, 4) is 0 Å². The van der Waals surface area contributed by atoms with Crippen LogP contribution in [0.3, 0.4) is 0 Å². The Labute approximate surface area is 121 Å². The average molecular weight is 271 g/mol. The van der Waals surface area contributed by atoms with Gasteiger partial charge in [-0.3, -0.25) is 0 Å². The van der Waals surface area contributed by atoms with Crippen molar-refractivity contribution in [1.82, 2.24) is 9.97 Å². The molecule has 4 aliphatic rings. The molecular formula is C17H25N3. The van der Waals surface area contributed by atoms with Gasteiger partial charge in [0.15, 0.2) is 0 Å². The molecule has 0 atom stereocenters. The maximum Gasteiger partial charge on any atom is 0.128 e. The maximum atomic E-state index is 5.60. The minimum Gasteiger partial charge on any atom is -0.330 e. The van der Waals surface area contributed by atoms with Gasteiger partial charge in [0.05, 0.1) is 0 Å². The molecule has 0 aromatic carbocycles. The van der Waals surface area contributed by atoms with Crippen LogP contribution in [0.5, 0.6) is 0 Å². The largest absolute Gasteiger partial charge is 0.330 e. The van der Waals surface area contributed by atoms with Gasteiger partial charge in [-0.25, -0.2) is 9.97 Å². The van der Waals surface area contributed by atoms with Crippen molar-refractivity contribution in [3.05, 3.63) is 23.8 Å². The lowest BCUT2D eigenvalue weighted by atomic mass is 9.51. The Balaban J connectivity index is 1.58. The lowest BCUT2D eigenvalue weighted by Crippen LogP contribution is -2.44. The van der Waals surface area contributed by atoms with E-state index in [1.807, 2.05) is 6.20 Å². The van der Waals surface area contributed by atoms with Crippen molar-refractivity contribution >= 4 is 0 Å². The second-order valence-electron chi connectivity index (χ2n) is 7.25. The summed E-state index contributed by atoms with van der Waals surface area (Å²) in [5.74, 6) is 5.61. The van der Waals surface area contributed by atoms with Crippen LogP contribution in [0, 0.1) is 23.7 Å². The summed E-state index contributed by atoms with van der Waals surface area (Å²) in [6.45, 7) is 0.728. The first-order valence-electron chi connectivity index (χ1n) is 8.35. The zero-order valence-corrected chi connectivity index (χ0v) is 12.2. The predicted molar refractivity (Wildman–Crippen MR) is 79.2 cm³/mol. The number of rotatable bonds is 4. The van der Waals surface area contributed by atoms with E-state index in [9.17, 15) is 0 Å². The van der Waals surface area contributed by atoms with Crippen LogP contribution in [0.1, 0.15) is 56.0 Å². The monoisotopic (exact) mass is 271 g/mol. The van der Waals surface area contributed by atoms with Crippen molar-refractivity contribution in [1.29, 1.82) is 0 Å². The number of aromatic nitrogens is 2. The molecule has 2 N–H and O–H groups in total. The fourth-order valence-corrected chi connectivity index (χ4v) is 5.39. The van der Waals surface area contributed by atoms with E-state index < -0.39 is 0 Å². The van der Waals surface area contributed by atoms with Gasteiger partial charge in [-0.1, -0.05) is 0 Å². The molecule has 0 aliphatic heterocycles. The number of hydrogen-bond donors (Lipinski definition) is 1. The molecule has 1 aromatic heterocycles. The van der Waals surface area contributed by atoms with Crippen LogP contribution in [0.4, 0.5) is 0 Å². The smallest absolute Gasteiger partial charge is 0.128 e. The lowest BCUT2D eigenvalue weighted by molar-refractivity contribution is -0.00425. The van der Waals surface area contributed by atoms with E-state index in [-0.39, 0.29) is 0 Å². The van der Waals surface area contributed by atoms with E-state index in [1.165, 1.54) is 37.8 Å². The predicted octanol–water partition coefficient (Wildman–Crippen LogP) is 2.91. The number of hydrogen-bond acceptors (Lipinski definition) is 3.